The number of unbranched alkanes of at least 4 members (excludes halogenated alkanes) is 1. The predicted octanol–water partition coefficient (Wildman–Crippen LogP) is 2.93. The van der Waals surface area contributed by atoms with Crippen LogP contribution in [-0.2, 0) is 4.79 Å². The van der Waals surface area contributed by atoms with Gasteiger partial charge in [0.25, 0.3) is 0 Å². The first-order valence-corrected chi connectivity index (χ1v) is 6.44. The van der Waals surface area contributed by atoms with E-state index in [1.807, 2.05) is 31.2 Å². The van der Waals surface area contributed by atoms with E-state index in [4.69, 9.17) is 0 Å². The molecular weight excluding hydrogens is 226 g/mol. The molecule has 2 aromatic rings. The Labute approximate surface area is 107 Å². The number of H-pyrrole nitrogens is 1. The summed E-state index contributed by atoms with van der Waals surface area (Å²) in [5.74, 6) is 0.894. The molecule has 2 N–H and O–H groups in total. The fourth-order valence-electron chi connectivity index (χ4n) is 1.90. The average Bonchev–Trinajstić information content (AvgIpc) is 2.80. The van der Waals surface area contributed by atoms with Crippen molar-refractivity contribution in [3.63, 3.8) is 0 Å². The largest absolute Gasteiger partial charge is 0.346 e. The zero-order valence-electron chi connectivity index (χ0n) is 10.9. The van der Waals surface area contributed by atoms with E-state index in [1.165, 1.54) is 0 Å². The molecular formula is C14H19N3O. The first-order valence-electron chi connectivity index (χ1n) is 6.44. The molecule has 1 amide bonds. The topological polar surface area (TPSA) is 57.8 Å². The van der Waals surface area contributed by atoms with Gasteiger partial charge in [0.15, 0.2) is 0 Å². The molecule has 0 unspecified atom stereocenters. The Balaban J connectivity index is 2.04. The van der Waals surface area contributed by atoms with Gasteiger partial charge in [-0.15, -0.1) is 0 Å². The smallest absolute Gasteiger partial charge is 0.220 e. The number of rotatable bonds is 5. The highest BCUT2D eigenvalue weighted by Gasteiger charge is 2.12. The summed E-state index contributed by atoms with van der Waals surface area (Å²) in [4.78, 5) is 19.4. The van der Waals surface area contributed by atoms with Crippen molar-refractivity contribution < 1.29 is 4.79 Å². The van der Waals surface area contributed by atoms with E-state index in [9.17, 15) is 4.79 Å². The predicted molar refractivity (Wildman–Crippen MR) is 72.2 cm³/mol. The molecule has 0 radical (unpaired) electrons. The zero-order chi connectivity index (χ0) is 13.0. The van der Waals surface area contributed by atoms with Crippen LogP contribution in [0.4, 0.5) is 0 Å². The van der Waals surface area contributed by atoms with Gasteiger partial charge in [-0.2, -0.15) is 0 Å². The quantitative estimate of drug-likeness (QED) is 0.851. The minimum absolute atomic E-state index is 0.0817. The molecule has 0 saturated carbocycles. The summed E-state index contributed by atoms with van der Waals surface area (Å²) in [5.41, 5.74) is 1.93. The van der Waals surface area contributed by atoms with Crippen molar-refractivity contribution in [2.75, 3.05) is 0 Å². The Kier molecular flexibility index (Phi) is 3.97. The summed E-state index contributed by atoms with van der Waals surface area (Å²) in [6.07, 6.45) is 2.55. The molecule has 0 spiro atoms. The number of amides is 1. The summed E-state index contributed by atoms with van der Waals surface area (Å²) >= 11 is 0. The maximum Gasteiger partial charge on any atom is 0.220 e. The monoisotopic (exact) mass is 245 g/mol. The highest BCUT2D eigenvalue weighted by molar-refractivity contribution is 5.77. The molecule has 1 heterocycles. The second kappa shape index (κ2) is 5.67. The highest BCUT2D eigenvalue weighted by Crippen LogP contribution is 2.15. The second-order valence-electron chi connectivity index (χ2n) is 4.53. The van der Waals surface area contributed by atoms with Crippen LogP contribution >= 0.6 is 0 Å². The molecule has 18 heavy (non-hydrogen) atoms. The lowest BCUT2D eigenvalue weighted by atomic mass is 10.2. The van der Waals surface area contributed by atoms with E-state index >= 15 is 0 Å². The van der Waals surface area contributed by atoms with Crippen LogP contribution in [0.1, 0.15) is 45.0 Å². The van der Waals surface area contributed by atoms with Crippen molar-refractivity contribution in [2.45, 2.75) is 39.2 Å². The Bertz CT molecular complexity index is 500. The van der Waals surface area contributed by atoms with Gasteiger partial charge in [0.1, 0.15) is 5.82 Å². The molecule has 0 bridgehead atoms. The number of carbonyl (C=O) groups excluding carboxylic acids is 1. The SMILES string of the molecule is CCCCC(=O)N[C@@H](C)c1nc2ccccc2[nH]1. The van der Waals surface area contributed by atoms with Gasteiger partial charge in [-0.25, -0.2) is 4.98 Å². The van der Waals surface area contributed by atoms with E-state index in [0.717, 1.165) is 29.7 Å². The van der Waals surface area contributed by atoms with Gasteiger partial charge in [-0.1, -0.05) is 25.5 Å². The molecule has 2 rings (SSSR count). The molecule has 1 aromatic heterocycles. The van der Waals surface area contributed by atoms with Crippen molar-refractivity contribution >= 4 is 16.9 Å². The van der Waals surface area contributed by atoms with Crippen molar-refractivity contribution in [3.8, 4) is 0 Å². The van der Waals surface area contributed by atoms with E-state index in [1.54, 1.807) is 0 Å². The molecule has 4 nitrogen and oxygen atoms in total. The van der Waals surface area contributed by atoms with Gasteiger partial charge in [0, 0.05) is 6.42 Å². The standard InChI is InChI=1S/C14H19N3O/c1-3-4-9-13(18)15-10(2)14-16-11-7-5-6-8-12(11)17-14/h5-8,10H,3-4,9H2,1-2H3,(H,15,18)(H,16,17)/t10-/m0/s1. The number of benzene rings is 1. The van der Waals surface area contributed by atoms with Gasteiger partial charge in [-0.3, -0.25) is 4.79 Å². The normalized spacial score (nSPS) is 12.6. The maximum atomic E-state index is 11.6. The van der Waals surface area contributed by atoms with Crippen LogP contribution in [0, 0.1) is 0 Å². The van der Waals surface area contributed by atoms with E-state index < -0.39 is 0 Å². The van der Waals surface area contributed by atoms with Crippen LogP contribution in [0.5, 0.6) is 0 Å². The molecule has 0 aliphatic heterocycles. The number of nitrogens with zero attached hydrogens (tertiary/aromatic N) is 1. The van der Waals surface area contributed by atoms with Crippen molar-refractivity contribution in [1.29, 1.82) is 0 Å². The number of carbonyl (C=O) groups is 1. The van der Waals surface area contributed by atoms with Gasteiger partial charge in [-0.05, 0) is 25.5 Å². The molecule has 0 fully saturated rings. The summed E-state index contributed by atoms with van der Waals surface area (Å²) in [6, 6.07) is 7.78. The Hall–Kier alpha value is -1.84. The molecule has 0 saturated heterocycles. The van der Waals surface area contributed by atoms with Crippen LogP contribution < -0.4 is 5.32 Å². The summed E-state index contributed by atoms with van der Waals surface area (Å²) in [7, 11) is 0. The van der Waals surface area contributed by atoms with Gasteiger partial charge < -0.3 is 10.3 Å². The lowest BCUT2D eigenvalue weighted by Gasteiger charge is -2.10. The summed E-state index contributed by atoms with van der Waals surface area (Å²) in [6.45, 7) is 4.03. The molecule has 4 heteroatoms. The number of nitrogens with one attached hydrogen (secondary N) is 2. The Morgan fingerprint density at radius 1 is 1.44 bits per heavy atom. The van der Waals surface area contributed by atoms with Crippen molar-refractivity contribution in [2.24, 2.45) is 0 Å². The third kappa shape index (κ3) is 2.88. The van der Waals surface area contributed by atoms with Crippen molar-refractivity contribution in [3.05, 3.63) is 30.1 Å². The number of aromatic nitrogens is 2. The Morgan fingerprint density at radius 3 is 2.94 bits per heavy atom. The number of fused-ring (bicyclic) bond motifs is 1. The average molecular weight is 245 g/mol. The first kappa shape index (κ1) is 12.6. The fraction of sp³-hybridized carbons (Fsp3) is 0.429. The van der Waals surface area contributed by atoms with E-state index in [0.29, 0.717) is 6.42 Å². The van der Waals surface area contributed by atoms with Crippen LogP contribution in [0.2, 0.25) is 0 Å². The molecule has 96 valence electrons. The van der Waals surface area contributed by atoms with Gasteiger partial charge in [0.05, 0.1) is 17.1 Å². The van der Waals surface area contributed by atoms with Crippen molar-refractivity contribution in [1.82, 2.24) is 15.3 Å². The third-order valence-corrected chi connectivity index (χ3v) is 2.95. The number of hydrogen-bond donors (Lipinski definition) is 2. The first-order chi connectivity index (χ1) is 8.70. The highest BCUT2D eigenvalue weighted by atomic mass is 16.1. The third-order valence-electron chi connectivity index (χ3n) is 2.95. The lowest BCUT2D eigenvalue weighted by Crippen LogP contribution is -2.26. The van der Waals surface area contributed by atoms with Crippen LogP contribution in [0.25, 0.3) is 11.0 Å². The number of hydrogen-bond acceptors (Lipinski definition) is 2. The molecule has 1 atom stereocenters. The van der Waals surface area contributed by atoms with Crippen LogP contribution in [0.3, 0.4) is 0 Å². The van der Waals surface area contributed by atoms with E-state index in [2.05, 4.69) is 22.2 Å². The van der Waals surface area contributed by atoms with Crippen LogP contribution in [0.15, 0.2) is 24.3 Å². The summed E-state index contributed by atoms with van der Waals surface area (Å²) in [5, 5.41) is 2.96. The molecule has 0 aliphatic rings. The number of imidazole rings is 1. The van der Waals surface area contributed by atoms with Gasteiger partial charge in [0.2, 0.25) is 5.91 Å². The maximum absolute atomic E-state index is 11.6. The molecule has 0 aliphatic carbocycles. The number of para-hydroxylation sites is 2. The minimum atomic E-state index is -0.0817. The molecule has 1 aromatic carbocycles. The Morgan fingerprint density at radius 2 is 2.22 bits per heavy atom. The minimum Gasteiger partial charge on any atom is -0.346 e. The van der Waals surface area contributed by atoms with Crippen LogP contribution in [-0.4, -0.2) is 15.9 Å². The number of aromatic amines is 1. The second-order valence-corrected chi connectivity index (χ2v) is 4.53. The van der Waals surface area contributed by atoms with E-state index in [-0.39, 0.29) is 11.9 Å². The zero-order valence-corrected chi connectivity index (χ0v) is 10.9. The lowest BCUT2D eigenvalue weighted by molar-refractivity contribution is -0.121. The fourth-order valence-corrected chi connectivity index (χ4v) is 1.90. The van der Waals surface area contributed by atoms with Gasteiger partial charge >= 0.3 is 0 Å². The summed E-state index contributed by atoms with van der Waals surface area (Å²) < 4.78 is 0.